The normalized spacial score (nSPS) is 9.65. The monoisotopic (exact) mass is 344 g/mol. The van der Waals surface area contributed by atoms with E-state index in [0.717, 1.165) is 12.8 Å². The Kier molecular flexibility index (Phi) is 29.1. The maximum absolute atomic E-state index is 10.3. The molecule has 0 saturated heterocycles. The molecule has 0 atom stereocenters. The van der Waals surface area contributed by atoms with Crippen molar-refractivity contribution in [3.8, 4) is 0 Å². The molecule has 112 valence electrons. The molecule has 0 bridgehead atoms. The minimum absolute atomic E-state index is 0. The average Bonchev–Trinajstić information content (AvgIpc) is 2.34. The molecule has 0 amide bonds. The van der Waals surface area contributed by atoms with Gasteiger partial charge in [-0.05, 0) is 6.42 Å². The van der Waals surface area contributed by atoms with Crippen molar-refractivity contribution in [1.82, 2.24) is 0 Å². The third kappa shape index (κ3) is 24.1. The maximum Gasteiger partial charge on any atom is 1.00 e. The standard InChI is InChI=1S/C16H32O2.Na.Zn.H/c1-2-3-4-5-6-7-8-9-10-11-12-13-14-15-16(17)18;;;/h2-15H2,1H3,(H,17,18);;;/q;+1;;-1. The van der Waals surface area contributed by atoms with E-state index < -0.39 is 5.97 Å². The summed E-state index contributed by atoms with van der Waals surface area (Å²) in [5, 5.41) is 8.49. The fourth-order valence-electron chi connectivity index (χ4n) is 2.29. The van der Waals surface area contributed by atoms with Gasteiger partial charge in [-0.3, -0.25) is 4.79 Å². The van der Waals surface area contributed by atoms with Gasteiger partial charge in [-0.1, -0.05) is 84.0 Å². The molecule has 0 fully saturated rings. The van der Waals surface area contributed by atoms with Gasteiger partial charge in [0.25, 0.3) is 0 Å². The van der Waals surface area contributed by atoms with Crippen LogP contribution in [0.25, 0.3) is 0 Å². The van der Waals surface area contributed by atoms with Crippen molar-refractivity contribution in [1.29, 1.82) is 0 Å². The Labute approximate surface area is 162 Å². The van der Waals surface area contributed by atoms with Crippen molar-refractivity contribution in [2.24, 2.45) is 0 Å². The van der Waals surface area contributed by atoms with Crippen LogP contribution in [0.2, 0.25) is 0 Å². The van der Waals surface area contributed by atoms with Crippen molar-refractivity contribution in [3.63, 3.8) is 0 Å². The first kappa shape index (κ1) is 26.0. The molecule has 0 aromatic heterocycles. The van der Waals surface area contributed by atoms with E-state index in [1.807, 2.05) is 0 Å². The van der Waals surface area contributed by atoms with Crippen LogP contribution in [-0.4, -0.2) is 11.1 Å². The summed E-state index contributed by atoms with van der Waals surface area (Å²) < 4.78 is 0. The summed E-state index contributed by atoms with van der Waals surface area (Å²) in [6.45, 7) is 2.26. The van der Waals surface area contributed by atoms with E-state index in [9.17, 15) is 4.79 Å². The van der Waals surface area contributed by atoms with Crippen LogP contribution >= 0.6 is 0 Å². The zero-order valence-corrected chi connectivity index (χ0v) is 18.9. The molecule has 0 aliphatic rings. The molecule has 0 unspecified atom stereocenters. The van der Waals surface area contributed by atoms with Crippen LogP contribution in [0.3, 0.4) is 0 Å². The molecule has 20 heavy (non-hydrogen) atoms. The molecule has 4 heteroatoms. The minimum atomic E-state index is -0.655. The van der Waals surface area contributed by atoms with Crippen molar-refractivity contribution in [2.75, 3.05) is 0 Å². The third-order valence-electron chi connectivity index (χ3n) is 3.49. The van der Waals surface area contributed by atoms with E-state index in [4.69, 9.17) is 5.11 Å². The first-order valence-corrected chi connectivity index (χ1v) is 7.99. The Bertz CT molecular complexity index is 195. The Morgan fingerprint density at radius 1 is 0.750 bits per heavy atom. The molecular formula is C16H33NaO2Zn. The predicted molar refractivity (Wildman–Crippen MR) is 79.1 cm³/mol. The van der Waals surface area contributed by atoms with Crippen molar-refractivity contribution >= 4 is 5.97 Å². The van der Waals surface area contributed by atoms with E-state index in [1.165, 1.54) is 70.6 Å². The van der Waals surface area contributed by atoms with Gasteiger partial charge in [0.1, 0.15) is 0 Å². The molecule has 0 saturated carbocycles. The SMILES string of the molecule is CCCCCCCCCCCCCCCC(=O)O.[H-].[Na+].[Zn]. The van der Waals surface area contributed by atoms with Crippen LogP contribution < -0.4 is 29.6 Å². The molecule has 0 aliphatic heterocycles. The summed E-state index contributed by atoms with van der Waals surface area (Å²) in [6, 6.07) is 0. The maximum atomic E-state index is 10.3. The molecule has 1 N–H and O–H groups in total. The summed E-state index contributed by atoms with van der Waals surface area (Å²) in [7, 11) is 0. The fraction of sp³-hybridized carbons (Fsp3) is 0.938. The number of hydrogen-bond acceptors (Lipinski definition) is 1. The second-order valence-corrected chi connectivity index (χ2v) is 5.39. The largest absolute Gasteiger partial charge is 1.00 e. The molecule has 0 aromatic rings. The zero-order valence-electron chi connectivity index (χ0n) is 15.0. The topological polar surface area (TPSA) is 37.3 Å². The summed E-state index contributed by atoms with van der Waals surface area (Å²) in [4.78, 5) is 10.3. The molecule has 0 radical (unpaired) electrons. The number of aliphatic carboxylic acids is 1. The molecule has 2 nitrogen and oxygen atoms in total. The number of rotatable bonds is 14. The van der Waals surface area contributed by atoms with Crippen LogP contribution in [0.4, 0.5) is 0 Å². The van der Waals surface area contributed by atoms with Crippen LogP contribution in [0.1, 0.15) is 98.2 Å². The van der Waals surface area contributed by atoms with Gasteiger partial charge in [0, 0.05) is 25.9 Å². The van der Waals surface area contributed by atoms with Crippen molar-refractivity contribution in [3.05, 3.63) is 0 Å². The van der Waals surface area contributed by atoms with Crippen LogP contribution in [0.5, 0.6) is 0 Å². The summed E-state index contributed by atoms with van der Waals surface area (Å²) >= 11 is 0. The van der Waals surface area contributed by atoms with E-state index >= 15 is 0 Å². The second kappa shape index (κ2) is 22.4. The van der Waals surface area contributed by atoms with Gasteiger partial charge in [0.2, 0.25) is 0 Å². The first-order chi connectivity index (χ1) is 8.77. The van der Waals surface area contributed by atoms with Gasteiger partial charge in [-0.25, -0.2) is 0 Å². The van der Waals surface area contributed by atoms with E-state index in [-0.39, 0.29) is 50.5 Å². The number of unbranched alkanes of at least 4 members (excludes halogenated alkanes) is 12. The van der Waals surface area contributed by atoms with Crippen LogP contribution in [0.15, 0.2) is 0 Å². The summed E-state index contributed by atoms with van der Waals surface area (Å²) in [5.74, 6) is -0.655. The number of carbonyl (C=O) groups is 1. The van der Waals surface area contributed by atoms with Gasteiger partial charge < -0.3 is 6.53 Å². The Balaban J connectivity index is -0.000000482. The van der Waals surface area contributed by atoms with Gasteiger partial charge in [-0.15, -0.1) is 0 Å². The summed E-state index contributed by atoms with van der Waals surface area (Å²) in [5.41, 5.74) is 0. The van der Waals surface area contributed by atoms with Gasteiger partial charge >= 0.3 is 35.5 Å². The number of carboxylic acids is 1. The molecule has 0 spiro atoms. The Morgan fingerprint density at radius 2 is 1.05 bits per heavy atom. The predicted octanol–water partition coefficient (Wildman–Crippen LogP) is 2.67. The zero-order chi connectivity index (χ0) is 13.5. The average molecular weight is 346 g/mol. The summed E-state index contributed by atoms with van der Waals surface area (Å²) in [6.07, 6.45) is 17.3. The first-order valence-electron chi connectivity index (χ1n) is 7.99. The molecular weight excluding hydrogens is 313 g/mol. The number of carboxylic acid groups (broad SMARTS) is 1. The molecule has 0 aromatic carbocycles. The van der Waals surface area contributed by atoms with Crippen LogP contribution in [-0.2, 0) is 24.3 Å². The molecule has 0 aliphatic carbocycles. The number of hydrogen-bond donors (Lipinski definition) is 1. The van der Waals surface area contributed by atoms with Crippen molar-refractivity contribution < 1.29 is 60.4 Å². The van der Waals surface area contributed by atoms with E-state index in [1.54, 1.807) is 0 Å². The quantitative estimate of drug-likeness (QED) is 0.388. The van der Waals surface area contributed by atoms with Gasteiger partial charge in [0.05, 0.1) is 0 Å². The van der Waals surface area contributed by atoms with Crippen molar-refractivity contribution in [2.45, 2.75) is 96.8 Å². The Morgan fingerprint density at radius 3 is 1.35 bits per heavy atom. The fourth-order valence-corrected chi connectivity index (χ4v) is 2.29. The molecule has 0 heterocycles. The van der Waals surface area contributed by atoms with Crippen LogP contribution in [0, 0.1) is 0 Å². The Hall–Kier alpha value is 1.09. The van der Waals surface area contributed by atoms with E-state index in [2.05, 4.69) is 6.92 Å². The molecule has 0 rings (SSSR count). The minimum Gasteiger partial charge on any atom is -1.00 e. The smallest absolute Gasteiger partial charge is 1.00 e. The van der Waals surface area contributed by atoms with Gasteiger partial charge in [0.15, 0.2) is 0 Å². The third-order valence-corrected chi connectivity index (χ3v) is 3.49. The van der Waals surface area contributed by atoms with E-state index in [0.29, 0.717) is 6.42 Å². The van der Waals surface area contributed by atoms with Gasteiger partial charge in [-0.2, -0.15) is 0 Å². The second-order valence-electron chi connectivity index (χ2n) is 5.39.